The number of carbonyl (C=O) groups excluding carboxylic acids is 1. The second-order valence-corrected chi connectivity index (χ2v) is 4.85. The lowest BCUT2D eigenvalue weighted by atomic mass is 10.2. The van der Waals surface area contributed by atoms with Crippen LogP contribution in [-0.2, 0) is 4.79 Å². The van der Waals surface area contributed by atoms with Crippen molar-refractivity contribution < 1.29 is 4.79 Å². The molecule has 1 heterocycles. The Morgan fingerprint density at radius 3 is 2.33 bits per heavy atom. The Balaban J connectivity index is 1.97. The Morgan fingerprint density at radius 2 is 1.78 bits per heavy atom. The number of hydrogen-bond donors (Lipinski definition) is 0. The van der Waals surface area contributed by atoms with E-state index in [1.165, 1.54) is 0 Å². The molecule has 0 atom stereocenters. The summed E-state index contributed by atoms with van der Waals surface area (Å²) in [6.07, 6.45) is 5.84. The average Bonchev–Trinajstić information content (AvgIpc) is 2.90. The molecular weight excluding hydrogens is 224 g/mol. The van der Waals surface area contributed by atoms with Gasteiger partial charge >= 0.3 is 0 Å². The van der Waals surface area contributed by atoms with Gasteiger partial charge in [0.05, 0.1) is 0 Å². The first kappa shape index (κ1) is 12.7. The van der Waals surface area contributed by atoms with Gasteiger partial charge in [-0.3, -0.25) is 4.79 Å². The summed E-state index contributed by atoms with van der Waals surface area (Å²) >= 11 is 0. The number of anilines is 1. The number of amides is 1. The molecule has 0 N–H and O–H groups in total. The van der Waals surface area contributed by atoms with Crippen LogP contribution in [0.1, 0.15) is 18.4 Å². The van der Waals surface area contributed by atoms with Crippen LogP contribution in [0.4, 0.5) is 5.69 Å². The lowest BCUT2D eigenvalue weighted by Gasteiger charge is -2.12. The molecule has 0 radical (unpaired) electrons. The van der Waals surface area contributed by atoms with E-state index in [0.29, 0.717) is 0 Å². The first-order valence-electron chi connectivity index (χ1n) is 6.41. The summed E-state index contributed by atoms with van der Waals surface area (Å²) in [6.45, 7) is 1.81. The first-order chi connectivity index (χ1) is 8.66. The van der Waals surface area contributed by atoms with E-state index in [1.54, 1.807) is 6.08 Å². The Labute approximate surface area is 109 Å². The van der Waals surface area contributed by atoms with Crippen LogP contribution in [0.2, 0.25) is 0 Å². The molecule has 1 aromatic rings. The van der Waals surface area contributed by atoms with E-state index in [-0.39, 0.29) is 5.91 Å². The monoisotopic (exact) mass is 244 g/mol. The number of nitrogens with zero attached hydrogens (tertiary/aromatic N) is 2. The Morgan fingerprint density at radius 1 is 1.17 bits per heavy atom. The normalized spacial score (nSPS) is 15.3. The van der Waals surface area contributed by atoms with Crippen LogP contribution in [0.5, 0.6) is 0 Å². The zero-order chi connectivity index (χ0) is 13.0. The molecule has 1 aliphatic heterocycles. The molecule has 1 fully saturated rings. The van der Waals surface area contributed by atoms with Gasteiger partial charge in [-0.25, -0.2) is 0 Å². The third-order valence-corrected chi connectivity index (χ3v) is 3.25. The van der Waals surface area contributed by atoms with Gasteiger partial charge in [-0.05, 0) is 36.6 Å². The number of benzene rings is 1. The topological polar surface area (TPSA) is 23.6 Å². The lowest BCUT2D eigenvalue weighted by Crippen LogP contribution is -2.25. The molecule has 18 heavy (non-hydrogen) atoms. The van der Waals surface area contributed by atoms with Crippen molar-refractivity contribution in [3.05, 3.63) is 35.9 Å². The lowest BCUT2D eigenvalue weighted by molar-refractivity contribution is -0.124. The van der Waals surface area contributed by atoms with Crippen LogP contribution in [0.15, 0.2) is 30.3 Å². The van der Waals surface area contributed by atoms with Gasteiger partial charge in [-0.1, -0.05) is 12.1 Å². The maximum atomic E-state index is 11.8. The van der Waals surface area contributed by atoms with Crippen LogP contribution >= 0.6 is 0 Å². The highest BCUT2D eigenvalue weighted by Gasteiger charge is 2.14. The van der Waals surface area contributed by atoms with E-state index in [9.17, 15) is 4.79 Å². The van der Waals surface area contributed by atoms with Crippen LogP contribution in [-0.4, -0.2) is 38.0 Å². The average molecular weight is 244 g/mol. The minimum atomic E-state index is 0.129. The van der Waals surface area contributed by atoms with Crippen molar-refractivity contribution in [3.63, 3.8) is 0 Å². The molecule has 3 nitrogen and oxygen atoms in total. The standard InChI is InChI=1S/C15H20N2O/c1-16(2)14-8-5-13(6-9-14)7-10-15(18)17-11-3-4-12-17/h5-10H,3-4,11-12H2,1-2H3/b10-7-. The van der Waals surface area contributed by atoms with Crippen LogP contribution in [0.3, 0.4) is 0 Å². The number of carbonyl (C=O) groups is 1. The van der Waals surface area contributed by atoms with Gasteiger partial charge in [0.1, 0.15) is 0 Å². The van der Waals surface area contributed by atoms with Gasteiger partial charge in [-0.15, -0.1) is 0 Å². The number of rotatable bonds is 3. The van der Waals surface area contributed by atoms with Gasteiger partial charge in [0.15, 0.2) is 0 Å². The van der Waals surface area contributed by atoms with Crippen molar-refractivity contribution in [1.29, 1.82) is 0 Å². The van der Waals surface area contributed by atoms with Crippen molar-refractivity contribution in [3.8, 4) is 0 Å². The molecule has 1 aliphatic rings. The second kappa shape index (κ2) is 5.71. The van der Waals surface area contributed by atoms with Gasteiger partial charge in [0.25, 0.3) is 0 Å². The van der Waals surface area contributed by atoms with E-state index in [2.05, 4.69) is 17.0 Å². The molecule has 1 aromatic carbocycles. The summed E-state index contributed by atoms with van der Waals surface area (Å²) < 4.78 is 0. The van der Waals surface area contributed by atoms with Crippen LogP contribution in [0.25, 0.3) is 6.08 Å². The second-order valence-electron chi connectivity index (χ2n) is 4.85. The molecule has 0 spiro atoms. The van der Waals surface area contributed by atoms with E-state index in [1.807, 2.05) is 37.2 Å². The Hall–Kier alpha value is -1.77. The Bertz CT molecular complexity index is 428. The van der Waals surface area contributed by atoms with E-state index < -0.39 is 0 Å². The van der Waals surface area contributed by atoms with Crippen molar-refractivity contribution in [1.82, 2.24) is 4.90 Å². The van der Waals surface area contributed by atoms with Crippen LogP contribution in [0, 0.1) is 0 Å². The highest BCUT2D eigenvalue weighted by Crippen LogP contribution is 2.14. The molecule has 3 heteroatoms. The maximum absolute atomic E-state index is 11.8. The predicted octanol–water partition coefficient (Wildman–Crippen LogP) is 2.39. The van der Waals surface area contributed by atoms with Crippen molar-refractivity contribution in [2.75, 3.05) is 32.1 Å². The highest BCUT2D eigenvalue weighted by molar-refractivity contribution is 5.91. The highest BCUT2D eigenvalue weighted by atomic mass is 16.2. The van der Waals surface area contributed by atoms with Crippen LogP contribution < -0.4 is 4.90 Å². The van der Waals surface area contributed by atoms with Gasteiger partial charge in [0, 0.05) is 38.9 Å². The zero-order valence-corrected chi connectivity index (χ0v) is 11.1. The van der Waals surface area contributed by atoms with Gasteiger partial charge in [0.2, 0.25) is 5.91 Å². The van der Waals surface area contributed by atoms with Crippen molar-refractivity contribution in [2.24, 2.45) is 0 Å². The molecule has 0 aromatic heterocycles. The fraction of sp³-hybridized carbons (Fsp3) is 0.400. The summed E-state index contributed by atoms with van der Waals surface area (Å²) in [6, 6.07) is 8.17. The summed E-state index contributed by atoms with van der Waals surface area (Å²) in [5.41, 5.74) is 2.23. The minimum absolute atomic E-state index is 0.129. The third kappa shape index (κ3) is 3.13. The summed E-state index contributed by atoms with van der Waals surface area (Å²) in [4.78, 5) is 15.8. The van der Waals surface area contributed by atoms with E-state index in [0.717, 1.165) is 37.2 Å². The first-order valence-corrected chi connectivity index (χ1v) is 6.41. The van der Waals surface area contributed by atoms with E-state index >= 15 is 0 Å². The number of hydrogen-bond acceptors (Lipinski definition) is 2. The zero-order valence-electron chi connectivity index (χ0n) is 11.1. The minimum Gasteiger partial charge on any atom is -0.378 e. The molecule has 0 bridgehead atoms. The molecule has 96 valence electrons. The summed E-state index contributed by atoms with van der Waals surface area (Å²) in [5.74, 6) is 0.129. The fourth-order valence-electron chi connectivity index (χ4n) is 2.09. The smallest absolute Gasteiger partial charge is 0.246 e. The molecule has 1 amide bonds. The summed E-state index contributed by atoms with van der Waals surface area (Å²) in [5, 5.41) is 0. The van der Waals surface area contributed by atoms with Gasteiger partial charge in [-0.2, -0.15) is 0 Å². The van der Waals surface area contributed by atoms with Crippen molar-refractivity contribution >= 4 is 17.7 Å². The molecule has 0 aliphatic carbocycles. The molecular formula is C15H20N2O. The maximum Gasteiger partial charge on any atom is 0.246 e. The predicted molar refractivity (Wildman–Crippen MR) is 75.6 cm³/mol. The molecule has 0 unspecified atom stereocenters. The summed E-state index contributed by atoms with van der Waals surface area (Å²) in [7, 11) is 4.03. The Kier molecular flexibility index (Phi) is 4.03. The molecule has 0 saturated carbocycles. The quantitative estimate of drug-likeness (QED) is 0.762. The fourth-order valence-corrected chi connectivity index (χ4v) is 2.09. The molecule has 2 rings (SSSR count). The van der Waals surface area contributed by atoms with Crippen molar-refractivity contribution in [2.45, 2.75) is 12.8 Å². The van der Waals surface area contributed by atoms with E-state index in [4.69, 9.17) is 0 Å². The van der Waals surface area contributed by atoms with Gasteiger partial charge < -0.3 is 9.80 Å². The number of likely N-dealkylation sites (tertiary alicyclic amines) is 1. The largest absolute Gasteiger partial charge is 0.378 e. The SMILES string of the molecule is CN(C)c1ccc(/C=C\C(=O)N2CCCC2)cc1. The third-order valence-electron chi connectivity index (χ3n) is 3.25. The molecule has 1 saturated heterocycles.